The summed E-state index contributed by atoms with van der Waals surface area (Å²) < 4.78 is 39.9. The first-order valence-corrected chi connectivity index (χ1v) is 7.57. The fourth-order valence-electron chi connectivity index (χ4n) is 2.45. The van der Waals surface area contributed by atoms with E-state index in [1.165, 1.54) is 4.31 Å². The average molecular weight is 302 g/mol. The number of halogens is 1. The Bertz CT molecular complexity index is 657. The lowest BCUT2D eigenvalue weighted by Gasteiger charge is -2.30. The molecule has 8 heteroatoms. The third-order valence-electron chi connectivity index (χ3n) is 3.53. The van der Waals surface area contributed by atoms with Gasteiger partial charge in [0.05, 0.1) is 9.82 Å². The first-order valence-electron chi connectivity index (χ1n) is 6.13. The van der Waals surface area contributed by atoms with E-state index in [0.717, 1.165) is 25.0 Å². The number of hydrogen-bond acceptors (Lipinski definition) is 4. The van der Waals surface area contributed by atoms with E-state index in [1.807, 2.05) is 0 Å². The second-order valence-corrected chi connectivity index (χ2v) is 7.23. The summed E-state index contributed by atoms with van der Waals surface area (Å²) in [6, 6.07) is 2.66. The molecule has 2 rings (SSSR count). The molecule has 1 saturated heterocycles. The molecule has 20 heavy (non-hydrogen) atoms. The molecule has 1 aliphatic rings. The third kappa shape index (κ3) is 2.40. The topological polar surface area (TPSA) is 80.5 Å². The van der Waals surface area contributed by atoms with Gasteiger partial charge in [-0.15, -0.1) is 0 Å². The Balaban J connectivity index is 2.45. The second kappa shape index (κ2) is 4.78. The molecule has 0 aromatic heterocycles. The van der Waals surface area contributed by atoms with Crippen LogP contribution < -0.4 is 0 Å². The van der Waals surface area contributed by atoms with E-state index in [1.54, 1.807) is 13.8 Å². The fourth-order valence-corrected chi connectivity index (χ4v) is 4.31. The van der Waals surface area contributed by atoms with Gasteiger partial charge in [-0.2, -0.15) is 8.70 Å². The van der Waals surface area contributed by atoms with Gasteiger partial charge in [0.2, 0.25) is 15.8 Å². The van der Waals surface area contributed by atoms with Crippen LogP contribution in [0.2, 0.25) is 0 Å². The molecule has 1 aromatic rings. The Morgan fingerprint density at radius 1 is 1.40 bits per heavy atom. The van der Waals surface area contributed by atoms with E-state index in [9.17, 15) is 22.9 Å². The van der Waals surface area contributed by atoms with Crippen molar-refractivity contribution in [3.8, 4) is 0 Å². The Labute approximate surface area is 116 Å². The van der Waals surface area contributed by atoms with Crippen LogP contribution in [0.25, 0.3) is 0 Å². The molecule has 0 amide bonds. The Morgan fingerprint density at radius 2 is 2.05 bits per heavy atom. The van der Waals surface area contributed by atoms with Crippen molar-refractivity contribution in [2.24, 2.45) is 0 Å². The zero-order valence-electron chi connectivity index (χ0n) is 11.2. The van der Waals surface area contributed by atoms with Gasteiger partial charge in [0, 0.05) is 24.2 Å². The lowest BCUT2D eigenvalue weighted by molar-refractivity contribution is -0.387. The van der Waals surface area contributed by atoms with E-state index in [4.69, 9.17) is 0 Å². The van der Waals surface area contributed by atoms with Crippen LogP contribution in [0.5, 0.6) is 0 Å². The van der Waals surface area contributed by atoms with Gasteiger partial charge in [0.25, 0.3) is 0 Å². The van der Waals surface area contributed by atoms with Crippen LogP contribution in [0.1, 0.15) is 26.7 Å². The van der Waals surface area contributed by atoms with Crippen LogP contribution in [-0.4, -0.2) is 29.7 Å². The normalized spacial score (nSPS) is 19.1. The zero-order valence-corrected chi connectivity index (χ0v) is 12.0. The maximum Gasteiger partial charge on any atom is 0.304 e. The smallest absolute Gasteiger partial charge is 0.258 e. The van der Waals surface area contributed by atoms with Crippen molar-refractivity contribution in [1.29, 1.82) is 0 Å². The second-order valence-electron chi connectivity index (χ2n) is 5.36. The molecule has 1 heterocycles. The summed E-state index contributed by atoms with van der Waals surface area (Å²) in [6.07, 6.45) is 1.46. The number of nitrogens with zero attached hydrogens (tertiary/aromatic N) is 2. The highest BCUT2D eigenvalue weighted by Gasteiger charge is 2.41. The monoisotopic (exact) mass is 302 g/mol. The third-order valence-corrected chi connectivity index (χ3v) is 5.64. The fraction of sp³-hybridized carbons (Fsp3) is 0.500. The van der Waals surface area contributed by atoms with E-state index < -0.39 is 32.0 Å². The Morgan fingerprint density at radius 3 is 2.50 bits per heavy atom. The summed E-state index contributed by atoms with van der Waals surface area (Å²) in [6.45, 7) is 3.98. The van der Waals surface area contributed by atoms with Gasteiger partial charge in [-0.25, -0.2) is 8.42 Å². The van der Waals surface area contributed by atoms with Gasteiger partial charge in [0.15, 0.2) is 0 Å². The van der Waals surface area contributed by atoms with Gasteiger partial charge < -0.3 is 0 Å². The molecular formula is C12H15FN2O4S. The van der Waals surface area contributed by atoms with Crippen molar-refractivity contribution in [3.05, 3.63) is 34.1 Å². The van der Waals surface area contributed by atoms with E-state index in [-0.39, 0.29) is 4.90 Å². The number of nitro groups is 1. The number of rotatable bonds is 3. The summed E-state index contributed by atoms with van der Waals surface area (Å²) in [5.41, 5.74) is -1.26. The van der Waals surface area contributed by atoms with Crippen molar-refractivity contribution >= 4 is 15.7 Å². The number of sulfonamides is 1. The highest BCUT2D eigenvalue weighted by Crippen LogP contribution is 2.34. The molecule has 0 saturated carbocycles. The van der Waals surface area contributed by atoms with Crippen molar-refractivity contribution in [2.45, 2.75) is 37.1 Å². The van der Waals surface area contributed by atoms with Crippen LogP contribution in [0, 0.1) is 15.9 Å². The lowest BCUT2D eigenvalue weighted by atomic mass is 10.0. The van der Waals surface area contributed by atoms with Crippen molar-refractivity contribution < 1.29 is 17.7 Å². The predicted octanol–water partition coefficient (Wildman–Crippen LogP) is 2.30. The summed E-state index contributed by atoms with van der Waals surface area (Å²) in [5, 5.41) is 10.5. The molecule has 1 fully saturated rings. The Hall–Kier alpha value is -1.54. The van der Waals surface area contributed by atoms with Gasteiger partial charge in [-0.1, -0.05) is 0 Å². The molecule has 0 aliphatic carbocycles. The molecule has 1 aliphatic heterocycles. The molecule has 0 N–H and O–H groups in total. The van der Waals surface area contributed by atoms with Gasteiger partial charge in [-0.3, -0.25) is 10.1 Å². The molecule has 110 valence electrons. The predicted molar refractivity (Wildman–Crippen MR) is 70.3 cm³/mol. The minimum Gasteiger partial charge on any atom is -0.258 e. The van der Waals surface area contributed by atoms with E-state index in [2.05, 4.69) is 0 Å². The molecule has 1 aromatic carbocycles. The van der Waals surface area contributed by atoms with Crippen LogP contribution in [0.3, 0.4) is 0 Å². The van der Waals surface area contributed by atoms with E-state index >= 15 is 0 Å². The molecular weight excluding hydrogens is 287 g/mol. The largest absolute Gasteiger partial charge is 0.304 e. The minimum atomic E-state index is -3.84. The van der Waals surface area contributed by atoms with Crippen LogP contribution in [0.4, 0.5) is 10.1 Å². The molecule has 0 spiro atoms. The summed E-state index contributed by atoms with van der Waals surface area (Å²) in [7, 11) is -3.84. The highest BCUT2D eigenvalue weighted by molar-refractivity contribution is 7.89. The number of benzene rings is 1. The first-order chi connectivity index (χ1) is 9.16. The summed E-state index contributed by atoms with van der Waals surface area (Å²) in [4.78, 5) is 9.41. The van der Waals surface area contributed by atoms with Crippen LogP contribution in [0.15, 0.2) is 23.1 Å². The Kier molecular flexibility index (Phi) is 3.55. The lowest BCUT2D eigenvalue weighted by Crippen LogP contribution is -2.42. The van der Waals surface area contributed by atoms with Crippen LogP contribution >= 0.6 is 0 Å². The van der Waals surface area contributed by atoms with Gasteiger partial charge >= 0.3 is 5.69 Å². The summed E-state index contributed by atoms with van der Waals surface area (Å²) >= 11 is 0. The standard InChI is InChI=1S/C12H15FN2O4S/c1-12(2)6-3-7-14(12)20(18,19)9-4-5-11(15(16)17)10(13)8-9/h4-5,8H,3,6-7H2,1-2H3. The van der Waals surface area contributed by atoms with Gasteiger partial charge in [-0.05, 0) is 32.8 Å². The molecule has 0 unspecified atom stereocenters. The van der Waals surface area contributed by atoms with Crippen LogP contribution in [-0.2, 0) is 10.0 Å². The number of nitro benzene ring substituents is 1. The average Bonchev–Trinajstić information content (AvgIpc) is 2.68. The minimum absolute atomic E-state index is 0.254. The van der Waals surface area contributed by atoms with Crippen molar-refractivity contribution in [3.63, 3.8) is 0 Å². The first kappa shape index (κ1) is 14.9. The molecule has 0 radical (unpaired) electrons. The molecule has 0 atom stereocenters. The summed E-state index contributed by atoms with van der Waals surface area (Å²) in [5.74, 6) is -1.15. The molecule has 6 nitrogen and oxygen atoms in total. The van der Waals surface area contributed by atoms with Crippen molar-refractivity contribution in [2.75, 3.05) is 6.54 Å². The quantitative estimate of drug-likeness (QED) is 0.634. The SMILES string of the molecule is CC1(C)CCCN1S(=O)(=O)c1ccc([N+](=O)[O-])c(F)c1. The highest BCUT2D eigenvalue weighted by atomic mass is 32.2. The van der Waals surface area contributed by atoms with Gasteiger partial charge in [0.1, 0.15) is 0 Å². The van der Waals surface area contributed by atoms with Crippen molar-refractivity contribution in [1.82, 2.24) is 4.31 Å². The molecule has 0 bridgehead atoms. The number of hydrogen-bond donors (Lipinski definition) is 0. The zero-order chi connectivity index (χ0) is 15.1. The van der Waals surface area contributed by atoms with E-state index in [0.29, 0.717) is 12.6 Å². The maximum atomic E-state index is 13.6. The maximum absolute atomic E-state index is 13.6.